The van der Waals surface area contributed by atoms with E-state index in [1.165, 1.54) is 30.5 Å². The van der Waals surface area contributed by atoms with E-state index in [0.29, 0.717) is 5.75 Å². The largest absolute Gasteiger partial charge is 0.484 e. The van der Waals surface area contributed by atoms with Crippen molar-refractivity contribution in [2.45, 2.75) is 0 Å². The van der Waals surface area contributed by atoms with Crippen molar-refractivity contribution < 1.29 is 14.5 Å². The number of aromatic nitrogens is 1. The lowest BCUT2D eigenvalue weighted by Crippen LogP contribution is -2.11. The number of hydrogen-bond donors (Lipinski definition) is 0. The molecule has 7 heteroatoms. The first-order chi connectivity index (χ1) is 9.56. The fourth-order valence-electron chi connectivity index (χ4n) is 1.50. The predicted octanol–water partition coefficient (Wildman–Crippen LogP) is 3.01. The molecule has 0 aliphatic rings. The zero-order valence-corrected chi connectivity index (χ0v) is 11.7. The quantitative estimate of drug-likeness (QED) is 0.476. The molecule has 0 spiro atoms. The Morgan fingerprint density at radius 3 is 2.85 bits per heavy atom. The van der Waals surface area contributed by atoms with Gasteiger partial charge in [-0.05, 0) is 22.0 Å². The minimum absolute atomic E-state index is 0.125. The van der Waals surface area contributed by atoms with Gasteiger partial charge in [0.2, 0.25) is 0 Å². The second-order valence-corrected chi connectivity index (χ2v) is 4.77. The Labute approximate surface area is 122 Å². The lowest BCUT2D eigenvalue weighted by atomic mass is 10.1. The minimum Gasteiger partial charge on any atom is -0.484 e. The second-order valence-electron chi connectivity index (χ2n) is 3.86. The Balaban J connectivity index is 2.05. The summed E-state index contributed by atoms with van der Waals surface area (Å²) in [7, 11) is 0. The molecule has 0 fully saturated rings. The number of carbonyl (C=O) groups is 1. The number of non-ortho nitro benzene ring substituents is 1. The number of halogens is 1. The molecule has 0 saturated heterocycles. The molecule has 102 valence electrons. The molecule has 0 unspecified atom stereocenters. The molecule has 6 nitrogen and oxygen atoms in total. The molecule has 1 aromatic carbocycles. The summed E-state index contributed by atoms with van der Waals surface area (Å²) in [5.41, 5.74) is 0.113. The number of hydrogen-bond acceptors (Lipinski definition) is 5. The number of nitro benzene ring substituents is 1. The molecular weight excluding hydrogens is 328 g/mol. The summed E-state index contributed by atoms with van der Waals surface area (Å²) < 4.78 is 6.03. The van der Waals surface area contributed by atoms with Crippen molar-refractivity contribution >= 4 is 27.4 Å². The molecular formula is C13H9BrN2O4. The number of rotatable bonds is 5. The van der Waals surface area contributed by atoms with Crippen LogP contribution in [0.15, 0.2) is 47.2 Å². The summed E-state index contributed by atoms with van der Waals surface area (Å²) >= 11 is 3.24. The number of benzene rings is 1. The van der Waals surface area contributed by atoms with Gasteiger partial charge in [-0.25, -0.2) is 0 Å². The number of ketones is 1. The number of Topliss-reactive ketones (excluding diaryl/α,β-unsaturated/α-hetero) is 1. The molecule has 2 aromatic rings. The summed E-state index contributed by atoms with van der Waals surface area (Å²) in [5.74, 6) is 0.104. The van der Waals surface area contributed by atoms with Gasteiger partial charge in [0.05, 0.1) is 11.1 Å². The summed E-state index contributed by atoms with van der Waals surface area (Å²) in [6.45, 7) is -0.209. The highest BCUT2D eigenvalue weighted by Crippen LogP contribution is 2.17. The van der Waals surface area contributed by atoms with Crippen molar-refractivity contribution in [1.29, 1.82) is 0 Å². The average Bonchev–Trinajstić information content (AvgIpc) is 2.45. The predicted molar refractivity (Wildman–Crippen MR) is 74.9 cm³/mol. The fraction of sp³-hybridized carbons (Fsp3) is 0.0769. The Morgan fingerprint density at radius 2 is 2.15 bits per heavy atom. The van der Waals surface area contributed by atoms with Crippen LogP contribution >= 0.6 is 15.9 Å². The molecule has 0 aliphatic carbocycles. The number of nitrogens with zero attached hydrogens (tertiary/aromatic N) is 2. The topological polar surface area (TPSA) is 82.3 Å². The highest BCUT2D eigenvalue weighted by molar-refractivity contribution is 9.10. The summed E-state index contributed by atoms with van der Waals surface area (Å²) in [4.78, 5) is 25.9. The zero-order chi connectivity index (χ0) is 14.5. The molecule has 0 amide bonds. The van der Waals surface area contributed by atoms with E-state index in [4.69, 9.17) is 4.74 Å². The van der Waals surface area contributed by atoms with Crippen molar-refractivity contribution in [3.05, 3.63) is 62.9 Å². The lowest BCUT2D eigenvalue weighted by molar-refractivity contribution is -0.384. The lowest BCUT2D eigenvalue weighted by Gasteiger charge is -2.05. The maximum Gasteiger partial charge on any atom is 0.270 e. The molecule has 0 saturated carbocycles. The standard InChI is InChI=1S/C13H9BrN2O4/c14-10-5-12(7-15-6-10)20-8-13(17)9-2-1-3-11(4-9)16(18)19/h1-7H,8H2. The van der Waals surface area contributed by atoms with Crippen molar-refractivity contribution in [3.63, 3.8) is 0 Å². The van der Waals surface area contributed by atoms with Gasteiger partial charge in [-0.1, -0.05) is 12.1 Å². The summed E-state index contributed by atoms with van der Waals surface area (Å²) in [6, 6.07) is 7.21. The van der Waals surface area contributed by atoms with E-state index in [1.807, 2.05) is 0 Å². The van der Waals surface area contributed by atoms with Crippen molar-refractivity contribution in [2.75, 3.05) is 6.61 Å². The Morgan fingerprint density at radius 1 is 1.35 bits per heavy atom. The first kappa shape index (κ1) is 14.1. The number of ether oxygens (including phenoxy) is 1. The maximum atomic E-state index is 11.9. The van der Waals surface area contributed by atoms with Gasteiger partial charge in [0.15, 0.2) is 12.4 Å². The third kappa shape index (κ3) is 3.61. The first-order valence-electron chi connectivity index (χ1n) is 5.57. The van der Waals surface area contributed by atoms with Gasteiger partial charge in [0.1, 0.15) is 5.75 Å². The van der Waals surface area contributed by atoms with Crippen molar-refractivity contribution in [1.82, 2.24) is 4.98 Å². The van der Waals surface area contributed by atoms with Crippen LogP contribution in [-0.2, 0) is 0 Å². The molecule has 0 atom stereocenters. The molecule has 0 radical (unpaired) electrons. The fourth-order valence-corrected chi connectivity index (χ4v) is 1.84. The van der Waals surface area contributed by atoms with Crippen LogP contribution in [0.4, 0.5) is 5.69 Å². The third-order valence-electron chi connectivity index (χ3n) is 2.43. The van der Waals surface area contributed by atoms with Gasteiger partial charge >= 0.3 is 0 Å². The van der Waals surface area contributed by atoms with Crippen LogP contribution in [0.3, 0.4) is 0 Å². The third-order valence-corrected chi connectivity index (χ3v) is 2.86. The number of pyridine rings is 1. The van der Waals surface area contributed by atoms with Gasteiger partial charge in [0, 0.05) is 28.4 Å². The normalized spacial score (nSPS) is 10.1. The van der Waals surface area contributed by atoms with E-state index >= 15 is 0 Å². The van der Waals surface area contributed by atoms with Crippen LogP contribution in [0.2, 0.25) is 0 Å². The van der Waals surface area contributed by atoms with Gasteiger partial charge in [0.25, 0.3) is 5.69 Å². The van der Waals surface area contributed by atoms with Gasteiger partial charge in [-0.15, -0.1) is 0 Å². The van der Waals surface area contributed by atoms with E-state index in [1.54, 1.807) is 12.3 Å². The van der Waals surface area contributed by atoms with E-state index in [9.17, 15) is 14.9 Å². The second kappa shape index (κ2) is 6.25. The van der Waals surface area contributed by atoms with Gasteiger partial charge in [-0.2, -0.15) is 0 Å². The van der Waals surface area contributed by atoms with Crippen LogP contribution in [-0.4, -0.2) is 22.3 Å². The zero-order valence-electron chi connectivity index (χ0n) is 10.2. The van der Waals surface area contributed by atoms with Crippen LogP contribution in [0.25, 0.3) is 0 Å². The molecule has 0 bridgehead atoms. The smallest absolute Gasteiger partial charge is 0.270 e. The average molecular weight is 337 g/mol. The number of carbonyl (C=O) groups excluding carboxylic acids is 1. The monoisotopic (exact) mass is 336 g/mol. The highest BCUT2D eigenvalue weighted by atomic mass is 79.9. The SMILES string of the molecule is O=C(COc1cncc(Br)c1)c1cccc([N+](=O)[O-])c1. The Kier molecular flexibility index (Phi) is 4.41. The minimum atomic E-state index is -0.546. The van der Waals surface area contributed by atoms with Crippen LogP contribution < -0.4 is 4.74 Å². The molecule has 0 N–H and O–H groups in total. The van der Waals surface area contributed by atoms with E-state index in [2.05, 4.69) is 20.9 Å². The van der Waals surface area contributed by atoms with Gasteiger partial charge < -0.3 is 4.74 Å². The Bertz CT molecular complexity index is 660. The van der Waals surface area contributed by atoms with E-state index in [0.717, 1.165) is 4.47 Å². The Hall–Kier alpha value is -2.28. The van der Waals surface area contributed by atoms with Crippen LogP contribution in [0, 0.1) is 10.1 Å². The summed E-state index contributed by atoms with van der Waals surface area (Å²) in [6.07, 6.45) is 3.07. The highest BCUT2D eigenvalue weighted by Gasteiger charge is 2.12. The molecule has 1 heterocycles. The van der Waals surface area contributed by atoms with Crippen molar-refractivity contribution in [3.8, 4) is 5.75 Å². The molecule has 2 rings (SSSR count). The van der Waals surface area contributed by atoms with Crippen LogP contribution in [0.1, 0.15) is 10.4 Å². The first-order valence-corrected chi connectivity index (χ1v) is 6.36. The van der Waals surface area contributed by atoms with Crippen LogP contribution in [0.5, 0.6) is 5.75 Å². The van der Waals surface area contributed by atoms with E-state index < -0.39 is 4.92 Å². The molecule has 1 aromatic heterocycles. The number of nitro groups is 1. The van der Waals surface area contributed by atoms with Crippen molar-refractivity contribution in [2.24, 2.45) is 0 Å². The van der Waals surface area contributed by atoms with E-state index in [-0.39, 0.29) is 23.6 Å². The van der Waals surface area contributed by atoms with Gasteiger partial charge in [-0.3, -0.25) is 19.9 Å². The summed E-state index contributed by atoms with van der Waals surface area (Å²) in [5, 5.41) is 10.6. The molecule has 20 heavy (non-hydrogen) atoms. The molecule has 0 aliphatic heterocycles. The maximum absolute atomic E-state index is 11.9.